The Hall–Kier alpha value is -2.64. The number of ether oxygens (including phenoxy) is 1. The minimum atomic E-state index is -0.970. The standard InChI is InChI=1S/C17H17ClN2O5/c1-11-8-13(18)4-7-16(11)25-10-17(22)19-9-15(21)12-2-5-14(6-3-12)20(23)24/h2-8,15,21H,9-10H2,1H3,(H,19,22)/t15-/m0/s1. The third-order valence-corrected chi connectivity index (χ3v) is 3.71. The van der Waals surface area contributed by atoms with E-state index in [0.29, 0.717) is 16.3 Å². The van der Waals surface area contributed by atoms with Gasteiger partial charge in [-0.25, -0.2) is 0 Å². The minimum absolute atomic E-state index is 0.0282. The first kappa shape index (κ1) is 18.7. The summed E-state index contributed by atoms with van der Waals surface area (Å²) in [5.74, 6) is 0.158. The van der Waals surface area contributed by atoms with Crippen LogP contribution in [0.25, 0.3) is 0 Å². The summed E-state index contributed by atoms with van der Waals surface area (Å²) in [6.07, 6.45) is -0.970. The molecule has 0 heterocycles. The zero-order valence-corrected chi connectivity index (χ0v) is 14.2. The van der Waals surface area contributed by atoms with E-state index in [4.69, 9.17) is 16.3 Å². The predicted molar refractivity (Wildman–Crippen MR) is 92.7 cm³/mol. The number of nitro groups is 1. The molecule has 0 aliphatic rings. The number of aliphatic hydroxyl groups excluding tert-OH is 1. The molecular formula is C17H17ClN2O5. The Labute approximate surface area is 149 Å². The highest BCUT2D eigenvalue weighted by molar-refractivity contribution is 6.30. The number of halogens is 1. The fourth-order valence-electron chi connectivity index (χ4n) is 2.12. The first-order chi connectivity index (χ1) is 11.9. The van der Waals surface area contributed by atoms with E-state index in [1.165, 1.54) is 24.3 Å². The maximum Gasteiger partial charge on any atom is 0.269 e. The number of amides is 1. The van der Waals surface area contributed by atoms with E-state index in [1.807, 2.05) is 6.92 Å². The highest BCUT2D eigenvalue weighted by atomic mass is 35.5. The molecule has 7 nitrogen and oxygen atoms in total. The largest absolute Gasteiger partial charge is 0.484 e. The Morgan fingerprint density at radius 2 is 2.00 bits per heavy atom. The number of nitro benzene ring substituents is 1. The molecule has 132 valence electrons. The summed E-state index contributed by atoms with van der Waals surface area (Å²) in [6, 6.07) is 10.6. The Morgan fingerprint density at radius 3 is 2.60 bits per heavy atom. The van der Waals surface area contributed by atoms with Crippen LogP contribution in [-0.2, 0) is 4.79 Å². The first-order valence-corrected chi connectivity index (χ1v) is 7.82. The monoisotopic (exact) mass is 364 g/mol. The number of aliphatic hydroxyl groups is 1. The highest BCUT2D eigenvalue weighted by Crippen LogP contribution is 2.21. The summed E-state index contributed by atoms with van der Waals surface area (Å²) >= 11 is 5.85. The van der Waals surface area contributed by atoms with Crippen molar-refractivity contribution in [3.63, 3.8) is 0 Å². The van der Waals surface area contributed by atoms with Crippen molar-refractivity contribution in [1.29, 1.82) is 0 Å². The summed E-state index contributed by atoms with van der Waals surface area (Å²) in [4.78, 5) is 21.9. The van der Waals surface area contributed by atoms with Gasteiger partial charge < -0.3 is 15.2 Å². The lowest BCUT2D eigenvalue weighted by Gasteiger charge is -2.13. The van der Waals surface area contributed by atoms with Gasteiger partial charge in [0.15, 0.2) is 6.61 Å². The molecule has 0 fully saturated rings. The van der Waals surface area contributed by atoms with Crippen molar-refractivity contribution in [1.82, 2.24) is 5.32 Å². The van der Waals surface area contributed by atoms with Gasteiger partial charge in [0.2, 0.25) is 0 Å². The van der Waals surface area contributed by atoms with Crippen LogP contribution in [0.15, 0.2) is 42.5 Å². The molecule has 2 rings (SSSR count). The summed E-state index contributed by atoms with van der Waals surface area (Å²) in [5, 5.41) is 23.7. The number of nitrogens with zero attached hydrogens (tertiary/aromatic N) is 1. The molecular weight excluding hydrogens is 348 g/mol. The average Bonchev–Trinajstić information content (AvgIpc) is 2.59. The molecule has 0 unspecified atom stereocenters. The van der Waals surface area contributed by atoms with Crippen molar-refractivity contribution in [2.45, 2.75) is 13.0 Å². The predicted octanol–water partition coefficient (Wildman–Crippen LogP) is 2.79. The number of aryl methyl sites for hydroxylation is 1. The second kappa shape index (κ2) is 8.46. The quantitative estimate of drug-likeness (QED) is 0.581. The lowest BCUT2D eigenvalue weighted by molar-refractivity contribution is -0.384. The average molecular weight is 365 g/mol. The van der Waals surface area contributed by atoms with Crippen molar-refractivity contribution in [2.75, 3.05) is 13.2 Å². The van der Waals surface area contributed by atoms with Crippen LogP contribution in [0.1, 0.15) is 17.2 Å². The molecule has 0 radical (unpaired) electrons. The SMILES string of the molecule is Cc1cc(Cl)ccc1OCC(=O)NC[C@H](O)c1ccc([N+](=O)[O-])cc1. The Bertz CT molecular complexity index is 764. The third kappa shape index (κ3) is 5.44. The summed E-state index contributed by atoms with van der Waals surface area (Å²) in [7, 11) is 0. The fourth-order valence-corrected chi connectivity index (χ4v) is 2.34. The van der Waals surface area contributed by atoms with Crippen molar-refractivity contribution >= 4 is 23.2 Å². The molecule has 8 heteroatoms. The van der Waals surface area contributed by atoms with Crippen LogP contribution in [0.2, 0.25) is 5.02 Å². The minimum Gasteiger partial charge on any atom is -0.484 e. The van der Waals surface area contributed by atoms with E-state index in [0.717, 1.165) is 5.56 Å². The van der Waals surface area contributed by atoms with Crippen LogP contribution in [0.3, 0.4) is 0 Å². The molecule has 0 bridgehead atoms. The number of nitrogens with one attached hydrogen (secondary N) is 1. The van der Waals surface area contributed by atoms with Gasteiger partial charge in [-0.15, -0.1) is 0 Å². The number of benzene rings is 2. The molecule has 0 aromatic heterocycles. The van der Waals surface area contributed by atoms with Crippen LogP contribution in [0, 0.1) is 17.0 Å². The van der Waals surface area contributed by atoms with E-state index in [1.54, 1.807) is 18.2 Å². The zero-order valence-electron chi connectivity index (χ0n) is 13.4. The van der Waals surface area contributed by atoms with Crippen molar-refractivity contribution in [3.8, 4) is 5.75 Å². The number of rotatable bonds is 7. The van der Waals surface area contributed by atoms with Gasteiger partial charge in [-0.1, -0.05) is 11.6 Å². The Morgan fingerprint density at radius 1 is 1.32 bits per heavy atom. The molecule has 2 aromatic rings. The van der Waals surface area contributed by atoms with E-state index >= 15 is 0 Å². The molecule has 0 aliphatic carbocycles. The van der Waals surface area contributed by atoms with Gasteiger partial charge in [-0.3, -0.25) is 14.9 Å². The van der Waals surface area contributed by atoms with Crippen LogP contribution >= 0.6 is 11.6 Å². The van der Waals surface area contributed by atoms with Crippen LogP contribution in [0.5, 0.6) is 5.75 Å². The molecule has 0 aliphatic heterocycles. The maximum absolute atomic E-state index is 11.8. The molecule has 1 atom stereocenters. The maximum atomic E-state index is 11.8. The van der Waals surface area contributed by atoms with Crippen LogP contribution in [-0.4, -0.2) is 29.1 Å². The van der Waals surface area contributed by atoms with Crippen molar-refractivity contribution in [3.05, 3.63) is 68.7 Å². The van der Waals surface area contributed by atoms with Gasteiger partial charge in [0.05, 0.1) is 11.0 Å². The lowest BCUT2D eigenvalue weighted by Crippen LogP contribution is -2.32. The van der Waals surface area contributed by atoms with E-state index < -0.39 is 16.9 Å². The van der Waals surface area contributed by atoms with Gasteiger partial charge in [-0.05, 0) is 48.4 Å². The number of carbonyl (C=O) groups excluding carboxylic acids is 1. The van der Waals surface area contributed by atoms with E-state index in [9.17, 15) is 20.0 Å². The molecule has 2 N–H and O–H groups in total. The van der Waals surface area contributed by atoms with E-state index in [-0.39, 0.29) is 18.8 Å². The second-order valence-electron chi connectivity index (χ2n) is 5.37. The number of hydrogen-bond acceptors (Lipinski definition) is 5. The molecule has 0 saturated carbocycles. The lowest BCUT2D eigenvalue weighted by atomic mass is 10.1. The number of hydrogen-bond donors (Lipinski definition) is 2. The first-order valence-electron chi connectivity index (χ1n) is 7.45. The van der Waals surface area contributed by atoms with E-state index in [2.05, 4.69) is 5.32 Å². The van der Waals surface area contributed by atoms with Gasteiger partial charge in [0.1, 0.15) is 5.75 Å². The smallest absolute Gasteiger partial charge is 0.269 e. The van der Waals surface area contributed by atoms with Crippen LogP contribution in [0.4, 0.5) is 5.69 Å². The van der Waals surface area contributed by atoms with Crippen LogP contribution < -0.4 is 10.1 Å². The second-order valence-corrected chi connectivity index (χ2v) is 5.80. The molecule has 2 aromatic carbocycles. The van der Waals surface area contributed by atoms with Gasteiger partial charge >= 0.3 is 0 Å². The fraction of sp³-hybridized carbons (Fsp3) is 0.235. The number of carbonyl (C=O) groups is 1. The Balaban J connectivity index is 1.81. The topological polar surface area (TPSA) is 102 Å². The summed E-state index contributed by atoms with van der Waals surface area (Å²) in [6.45, 7) is 1.59. The normalized spacial score (nSPS) is 11.6. The molecule has 25 heavy (non-hydrogen) atoms. The van der Waals surface area contributed by atoms with Gasteiger partial charge in [0, 0.05) is 23.7 Å². The van der Waals surface area contributed by atoms with Gasteiger partial charge in [-0.2, -0.15) is 0 Å². The summed E-state index contributed by atoms with van der Waals surface area (Å²) < 4.78 is 5.41. The zero-order chi connectivity index (χ0) is 18.4. The molecule has 0 spiro atoms. The summed E-state index contributed by atoms with van der Waals surface area (Å²) in [5.41, 5.74) is 1.22. The Kier molecular flexibility index (Phi) is 6.32. The van der Waals surface area contributed by atoms with Gasteiger partial charge in [0.25, 0.3) is 11.6 Å². The molecule has 0 saturated heterocycles. The van der Waals surface area contributed by atoms with Crippen molar-refractivity contribution in [2.24, 2.45) is 0 Å². The third-order valence-electron chi connectivity index (χ3n) is 3.48. The molecule has 1 amide bonds. The number of non-ortho nitro benzene ring substituents is 1. The van der Waals surface area contributed by atoms with Crippen molar-refractivity contribution < 1.29 is 19.6 Å². The highest BCUT2D eigenvalue weighted by Gasteiger charge is 2.12.